The highest BCUT2D eigenvalue weighted by atomic mass is 16.6. The minimum absolute atomic E-state index is 0.0759. The lowest BCUT2D eigenvalue weighted by molar-refractivity contribution is -0.385. The van der Waals surface area contributed by atoms with E-state index in [1.54, 1.807) is 12.1 Å². The second-order valence-corrected chi connectivity index (χ2v) is 3.76. The first-order valence-corrected chi connectivity index (χ1v) is 5.57. The molecule has 0 radical (unpaired) electrons. The molecule has 1 aromatic heterocycles. The third-order valence-corrected chi connectivity index (χ3v) is 2.34. The molecule has 0 aliphatic carbocycles. The summed E-state index contributed by atoms with van der Waals surface area (Å²) >= 11 is 0. The Morgan fingerprint density at radius 2 is 1.89 bits per heavy atom. The molecule has 0 saturated heterocycles. The number of ether oxygens (including phenoxy) is 1. The topological polar surface area (TPSA) is 90.2 Å². The van der Waals surface area contributed by atoms with Crippen molar-refractivity contribution in [3.05, 3.63) is 52.3 Å². The molecule has 98 valence electrons. The molecule has 0 spiro atoms. The van der Waals surface area contributed by atoms with E-state index >= 15 is 0 Å². The fraction of sp³-hybridized carbons (Fsp3) is 0.167. The van der Waals surface area contributed by atoms with E-state index in [1.807, 2.05) is 19.2 Å². The first kappa shape index (κ1) is 12.9. The van der Waals surface area contributed by atoms with Gasteiger partial charge >= 0.3 is 11.7 Å². The zero-order valence-electron chi connectivity index (χ0n) is 10.2. The molecule has 0 saturated carbocycles. The van der Waals surface area contributed by atoms with Gasteiger partial charge in [0.2, 0.25) is 0 Å². The van der Waals surface area contributed by atoms with Gasteiger partial charge in [0, 0.05) is 6.54 Å². The fourth-order valence-corrected chi connectivity index (χ4v) is 1.44. The second-order valence-electron chi connectivity index (χ2n) is 3.76. The van der Waals surface area contributed by atoms with Crippen LogP contribution >= 0.6 is 0 Å². The van der Waals surface area contributed by atoms with Gasteiger partial charge in [-0.2, -0.15) is 9.97 Å². The predicted molar refractivity (Wildman–Crippen MR) is 68.0 cm³/mol. The van der Waals surface area contributed by atoms with Crippen LogP contribution in [0, 0.1) is 10.1 Å². The van der Waals surface area contributed by atoms with Crippen molar-refractivity contribution in [2.45, 2.75) is 6.54 Å². The van der Waals surface area contributed by atoms with Crippen molar-refractivity contribution < 1.29 is 9.66 Å². The maximum Gasteiger partial charge on any atom is 0.322 e. The molecule has 2 rings (SSSR count). The summed E-state index contributed by atoms with van der Waals surface area (Å²) in [5.41, 5.74) is 0.955. The maximum absolute atomic E-state index is 10.4. The maximum atomic E-state index is 10.4. The molecule has 0 amide bonds. The van der Waals surface area contributed by atoms with E-state index in [4.69, 9.17) is 4.74 Å². The van der Waals surface area contributed by atoms with E-state index in [-0.39, 0.29) is 11.7 Å². The third kappa shape index (κ3) is 3.46. The Kier molecular flexibility index (Phi) is 3.99. The molecule has 1 heterocycles. The minimum Gasteiger partial charge on any atom is -0.424 e. The Labute approximate surface area is 109 Å². The number of nitrogens with one attached hydrogen (secondary N) is 1. The number of benzene rings is 1. The number of aromatic nitrogens is 2. The standard InChI is InChI=1S/C12H12N4O3/c1-13-6-9-2-4-11(5-3-9)19-12-14-7-10(8-15-12)16(17)18/h2-5,7-8,13H,6H2,1H3. The highest BCUT2D eigenvalue weighted by Gasteiger charge is 2.07. The van der Waals surface area contributed by atoms with Crippen LogP contribution in [0.5, 0.6) is 11.8 Å². The second kappa shape index (κ2) is 5.87. The summed E-state index contributed by atoms with van der Waals surface area (Å²) in [6, 6.07) is 7.48. The number of nitro groups is 1. The van der Waals surface area contributed by atoms with Crippen molar-refractivity contribution in [1.82, 2.24) is 15.3 Å². The van der Waals surface area contributed by atoms with Gasteiger partial charge in [0.05, 0.1) is 4.92 Å². The molecule has 0 unspecified atom stereocenters. The van der Waals surface area contributed by atoms with Crippen LogP contribution in [0.2, 0.25) is 0 Å². The van der Waals surface area contributed by atoms with Crippen LogP contribution in [0.3, 0.4) is 0 Å². The Balaban J connectivity index is 2.06. The van der Waals surface area contributed by atoms with Crippen molar-refractivity contribution >= 4 is 5.69 Å². The smallest absolute Gasteiger partial charge is 0.322 e. The first-order valence-electron chi connectivity index (χ1n) is 5.57. The summed E-state index contributed by atoms with van der Waals surface area (Å²) in [6.45, 7) is 0.772. The lowest BCUT2D eigenvalue weighted by atomic mass is 10.2. The Morgan fingerprint density at radius 3 is 2.42 bits per heavy atom. The Morgan fingerprint density at radius 1 is 1.26 bits per heavy atom. The van der Waals surface area contributed by atoms with Crippen LogP contribution in [0.15, 0.2) is 36.7 Å². The van der Waals surface area contributed by atoms with Crippen LogP contribution in [0.25, 0.3) is 0 Å². The van der Waals surface area contributed by atoms with E-state index in [1.165, 1.54) is 0 Å². The highest BCUT2D eigenvalue weighted by molar-refractivity contribution is 5.30. The molecular formula is C12H12N4O3. The van der Waals surface area contributed by atoms with Crippen LogP contribution in [0.4, 0.5) is 5.69 Å². The van der Waals surface area contributed by atoms with Crippen molar-refractivity contribution in [2.75, 3.05) is 7.05 Å². The van der Waals surface area contributed by atoms with E-state index in [0.29, 0.717) is 5.75 Å². The molecule has 0 aliphatic rings. The van der Waals surface area contributed by atoms with Gasteiger partial charge < -0.3 is 10.1 Å². The number of rotatable bonds is 5. The van der Waals surface area contributed by atoms with E-state index in [9.17, 15) is 10.1 Å². The van der Waals surface area contributed by atoms with Gasteiger partial charge in [0.25, 0.3) is 0 Å². The zero-order valence-corrected chi connectivity index (χ0v) is 10.2. The first-order chi connectivity index (χ1) is 9.19. The zero-order chi connectivity index (χ0) is 13.7. The summed E-state index contributed by atoms with van der Waals surface area (Å²) in [5, 5.41) is 13.5. The highest BCUT2D eigenvalue weighted by Crippen LogP contribution is 2.19. The number of hydrogen-bond donors (Lipinski definition) is 1. The largest absolute Gasteiger partial charge is 0.424 e. The van der Waals surface area contributed by atoms with Gasteiger partial charge in [-0.3, -0.25) is 10.1 Å². The van der Waals surface area contributed by atoms with E-state index in [2.05, 4.69) is 15.3 Å². The average Bonchev–Trinajstić information content (AvgIpc) is 2.42. The molecular weight excluding hydrogens is 248 g/mol. The Hall–Kier alpha value is -2.54. The molecule has 0 atom stereocenters. The quantitative estimate of drug-likeness (QED) is 0.652. The van der Waals surface area contributed by atoms with E-state index < -0.39 is 4.92 Å². The van der Waals surface area contributed by atoms with Gasteiger partial charge in [-0.05, 0) is 24.7 Å². The molecule has 2 aromatic rings. The van der Waals surface area contributed by atoms with Crippen molar-refractivity contribution in [3.8, 4) is 11.8 Å². The third-order valence-electron chi connectivity index (χ3n) is 2.34. The van der Waals surface area contributed by atoms with Crippen LogP contribution in [0.1, 0.15) is 5.56 Å². The lowest BCUT2D eigenvalue weighted by Crippen LogP contribution is -2.04. The molecule has 1 N–H and O–H groups in total. The fourth-order valence-electron chi connectivity index (χ4n) is 1.44. The summed E-state index contributed by atoms with van der Waals surface area (Å²) in [4.78, 5) is 17.4. The monoisotopic (exact) mass is 260 g/mol. The molecule has 7 heteroatoms. The molecule has 1 aromatic carbocycles. The van der Waals surface area contributed by atoms with Crippen LogP contribution < -0.4 is 10.1 Å². The van der Waals surface area contributed by atoms with Gasteiger partial charge in [-0.15, -0.1) is 0 Å². The van der Waals surface area contributed by atoms with Crippen molar-refractivity contribution in [3.63, 3.8) is 0 Å². The van der Waals surface area contributed by atoms with Crippen LogP contribution in [-0.4, -0.2) is 21.9 Å². The normalized spacial score (nSPS) is 10.2. The van der Waals surface area contributed by atoms with Gasteiger partial charge in [0.1, 0.15) is 18.1 Å². The SMILES string of the molecule is CNCc1ccc(Oc2ncc([N+](=O)[O-])cn2)cc1. The molecule has 0 fully saturated rings. The van der Waals surface area contributed by atoms with Gasteiger partial charge in [0.15, 0.2) is 0 Å². The average molecular weight is 260 g/mol. The molecule has 19 heavy (non-hydrogen) atoms. The van der Waals surface area contributed by atoms with E-state index in [0.717, 1.165) is 24.5 Å². The van der Waals surface area contributed by atoms with Crippen molar-refractivity contribution in [2.24, 2.45) is 0 Å². The van der Waals surface area contributed by atoms with Gasteiger partial charge in [-0.1, -0.05) is 12.1 Å². The summed E-state index contributed by atoms with van der Waals surface area (Å²) in [7, 11) is 1.87. The van der Waals surface area contributed by atoms with Crippen molar-refractivity contribution in [1.29, 1.82) is 0 Å². The molecule has 0 aliphatic heterocycles. The summed E-state index contributed by atoms with van der Waals surface area (Å²) in [6.07, 6.45) is 2.22. The summed E-state index contributed by atoms with van der Waals surface area (Å²) < 4.78 is 5.38. The van der Waals surface area contributed by atoms with Crippen LogP contribution in [-0.2, 0) is 6.54 Å². The molecule has 0 bridgehead atoms. The lowest BCUT2D eigenvalue weighted by Gasteiger charge is -2.04. The summed E-state index contributed by atoms with van der Waals surface area (Å²) in [5.74, 6) is 0.578. The number of hydrogen-bond acceptors (Lipinski definition) is 6. The molecule has 7 nitrogen and oxygen atoms in total. The van der Waals surface area contributed by atoms with Gasteiger partial charge in [-0.25, -0.2) is 0 Å². The predicted octanol–water partition coefficient (Wildman–Crippen LogP) is 1.90. The minimum atomic E-state index is -0.559. The number of nitrogens with zero attached hydrogens (tertiary/aromatic N) is 3. The Bertz CT molecular complexity index is 554.